The lowest BCUT2D eigenvalue weighted by Gasteiger charge is -2.35. The number of urea groups is 1. The van der Waals surface area contributed by atoms with E-state index in [0.29, 0.717) is 45.2 Å². The first-order valence-corrected chi connectivity index (χ1v) is 13.7. The van der Waals surface area contributed by atoms with Gasteiger partial charge in [-0.15, -0.1) is 0 Å². The highest BCUT2D eigenvalue weighted by atomic mass is 16.6. The molecule has 38 heavy (non-hydrogen) atoms. The molecule has 2 N–H and O–H groups in total. The Labute approximate surface area is 226 Å². The Balaban J connectivity index is 1.79. The van der Waals surface area contributed by atoms with Crippen LogP contribution in [0.5, 0.6) is 0 Å². The van der Waals surface area contributed by atoms with Gasteiger partial charge in [-0.25, -0.2) is 4.79 Å². The summed E-state index contributed by atoms with van der Waals surface area (Å²) in [7, 11) is 1.97. The van der Waals surface area contributed by atoms with Crippen molar-refractivity contribution < 1.29 is 23.9 Å². The van der Waals surface area contributed by atoms with Crippen molar-refractivity contribution in [3.05, 3.63) is 35.9 Å². The Morgan fingerprint density at radius 3 is 2.29 bits per heavy atom. The first-order valence-electron chi connectivity index (χ1n) is 13.7. The molecule has 9 nitrogen and oxygen atoms in total. The second kappa shape index (κ2) is 12.3. The lowest BCUT2D eigenvalue weighted by molar-refractivity contribution is -0.165. The maximum Gasteiger partial charge on any atom is 0.344 e. The highest BCUT2D eigenvalue weighted by Gasteiger charge is 2.53. The van der Waals surface area contributed by atoms with Gasteiger partial charge in [-0.3, -0.25) is 19.8 Å². The average Bonchev–Trinajstić information content (AvgIpc) is 3.06. The first-order chi connectivity index (χ1) is 17.8. The summed E-state index contributed by atoms with van der Waals surface area (Å²) >= 11 is 0. The van der Waals surface area contributed by atoms with E-state index in [0.717, 1.165) is 17.0 Å². The number of benzene rings is 1. The van der Waals surface area contributed by atoms with Crippen LogP contribution in [0.15, 0.2) is 30.3 Å². The highest BCUT2D eigenvalue weighted by molar-refractivity contribution is 6.08. The third-order valence-electron chi connectivity index (χ3n) is 7.31. The third-order valence-corrected chi connectivity index (χ3v) is 7.31. The summed E-state index contributed by atoms with van der Waals surface area (Å²) in [6.07, 6.45) is 3.28. The molecule has 9 heteroatoms. The van der Waals surface area contributed by atoms with Crippen LogP contribution in [0.3, 0.4) is 0 Å². The molecule has 2 heterocycles. The summed E-state index contributed by atoms with van der Waals surface area (Å²) in [5, 5.41) is 3.63. The van der Waals surface area contributed by atoms with Gasteiger partial charge in [0.1, 0.15) is 11.1 Å². The molecule has 2 fully saturated rings. The van der Waals surface area contributed by atoms with Gasteiger partial charge in [0.25, 0.3) is 5.91 Å². The summed E-state index contributed by atoms with van der Waals surface area (Å²) in [6.45, 7) is 10.7. The standard InChI is InChI=1S/C29H44N4O5/c1-20(2)19-23(22(25(35)38-28(3,4)5)14-10-13-21-11-8-7-9-12-21)24(34)31-33-26(36)29(30-27(33)37)15-17-32(6)18-16-29/h7-9,11-12,20,22-23H,10,13-19H2,1-6H3,(H,30,37)(H,31,34)/t22-,23?/m1/s1. The van der Waals surface area contributed by atoms with Crippen LogP contribution in [-0.4, -0.2) is 65.0 Å². The lowest BCUT2D eigenvalue weighted by atomic mass is 9.81. The number of imide groups is 1. The number of ether oxygens (including phenoxy) is 1. The van der Waals surface area contributed by atoms with Crippen LogP contribution in [0.4, 0.5) is 4.79 Å². The summed E-state index contributed by atoms with van der Waals surface area (Å²) < 4.78 is 5.74. The minimum atomic E-state index is -0.995. The first kappa shape index (κ1) is 29.6. The van der Waals surface area contributed by atoms with Gasteiger partial charge in [0.15, 0.2) is 0 Å². The van der Waals surface area contributed by atoms with Crippen LogP contribution < -0.4 is 10.7 Å². The van der Waals surface area contributed by atoms with Crippen LogP contribution in [-0.2, 0) is 25.5 Å². The van der Waals surface area contributed by atoms with Crippen LogP contribution in [0.2, 0.25) is 0 Å². The van der Waals surface area contributed by atoms with Gasteiger partial charge in [0.2, 0.25) is 5.91 Å². The summed E-state index contributed by atoms with van der Waals surface area (Å²) in [5.41, 5.74) is 2.04. The fourth-order valence-corrected chi connectivity index (χ4v) is 5.25. The van der Waals surface area contributed by atoms with Gasteiger partial charge >= 0.3 is 12.0 Å². The van der Waals surface area contributed by atoms with E-state index in [2.05, 4.69) is 15.6 Å². The van der Waals surface area contributed by atoms with Gasteiger partial charge in [0, 0.05) is 13.1 Å². The molecular weight excluding hydrogens is 484 g/mol. The molecule has 0 bridgehead atoms. The maximum atomic E-state index is 13.7. The van der Waals surface area contributed by atoms with Crippen molar-refractivity contribution >= 4 is 23.8 Å². The van der Waals surface area contributed by atoms with Crippen LogP contribution in [0.1, 0.15) is 72.3 Å². The number of nitrogens with one attached hydrogen (secondary N) is 2. The zero-order valence-electron chi connectivity index (χ0n) is 23.7. The minimum absolute atomic E-state index is 0.105. The number of nitrogens with zero attached hydrogens (tertiary/aromatic N) is 2. The van der Waals surface area contributed by atoms with Gasteiger partial charge in [-0.2, -0.15) is 5.01 Å². The number of hydrogen-bond acceptors (Lipinski definition) is 6. The van der Waals surface area contributed by atoms with Crippen LogP contribution in [0, 0.1) is 17.8 Å². The predicted molar refractivity (Wildman–Crippen MR) is 145 cm³/mol. The van der Waals surface area contributed by atoms with Crippen molar-refractivity contribution in [2.45, 2.75) is 84.3 Å². The Hall–Kier alpha value is -2.94. The number of carbonyl (C=O) groups excluding carboxylic acids is 4. The normalized spacial score (nSPS) is 19.4. The summed E-state index contributed by atoms with van der Waals surface area (Å²) in [5.74, 6) is -2.75. The minimum Gasteiger partial charge on any atom is -0.460 e. The Bertz CT molecular complexity index is 996. The van der Waals surface area contributed by atoms with E-state index in [1.54, 1.807) is 20.8 Å². The second-order valence-electron chi connectivity index (χ2n) is 12.2. The van der Waals surface area contributed by atoms with Gasteiger partial charge < -0.3 is 15.0 Å². The molecular formula is C29H44N4O5. The average molecular weight is 529 g/mol. The van der Waals surface area contributed by atoms with Gasteiger partial charge in [-0.05, 0) is 77.8 Å². The Morgan fingerprint density at radius 2 is 1.71 bits per heavy atom. The maximum absolute atomic E-state index is 13.7. The largest absolute Gasteiger partial charge is 0.460 e. The molecule has 0 aromatic heterocycles. The van der Waals surface area contributed by atoms with Crippen molar-refractivity contribution in [1.29, 1.82) is 0 Å². The molecule has 2 aliphatic heterocycles. The number of amides is 4. The van der Waals surface area contributed by atoms with E-state index in [1.807, 2.05) is 51.2 Å². The number of piperidine rings is 1. The monoisotopic (exact) mass is 528 g/mol. The SMILES string of the molecule is CC(C)CC(C(=O)NN1C(=O)NC2(CCN(C)CC2)C1=O)[C@@H](CCCc1ccccc1)C(=O)OC(C)(C)C. The molecule has 1 aromatic rings. The van der Waals surface area contributed by atoms with E-state index >= 15 is 0 Å². The second-order valence-corrected chi connectivity index (χ2v) is 12.2. The van der Waals surface area contributed by atoms with Gasteiger partial charge in [0.05, 0.1) is 11.8 Å². The highest BCUT2D eigenvalue weighted by Crippen LogP contribution is 2.31. The zero-order valence-corrected chi connectivity index (χ0v) is 23.7. The molecule has 0 saturated carbocycles. The molecule has 2 aliphatic rings. The predicted octanol–water partition coefficient (Wildman–Crippen LogP) is 3.68. The van der Waals surface area contributed by atoms with Gasteiger partial charge in [-0.1, -0.05) is 44.2 Å². The van der Waals surface area contributed by atoms with E-state index in [1.165, 1.54) is 0 Å². The summed E-state index contributed by atoms with van der Waals surface area (Å²) in [4.78, 5) is 55.3. The van der Waals surface area contributed by atoms with Crippen molar-refractivity contribution in [2.75, 3.05) is 20.1 Å². The molecule has 4 amide bonds. The van der Waals surface area contributed by atoms with E-state index in [9.17, 15) is 19.2 Å². The zero-order chi connectivity index (χ0) is 28.1. The van der Waals surface area contributed by atoms with E-state index in [-0.39, 0.29) is 5.92 Å². The molecule has 0 aliphatic carbocycles. The molecule has 210 valence electrons. The van der Waals surface area contributed by atoms with E-state index < -0.39 is 46.8 Å². The van der Waals surface area contributed by atoms with Crippen molar-refractivity contribution in [2.24, 2.45) is 17.8 Å². The number of esters is 1. The molecule has 2 saturated heterocycles. The molecule has 0 radical (unpaired) electrons. The van der Waals surface area contributed by atoms with Crippen molar-refractivity contribution in [3.63, 3.8) is 0 Å². The number of carbonyl (C=O) groups is 4. The smallest absolute Gasteiger partial charge is 0.344 e. The Kier molecular flexibility index (Phi) is 9.57. The molecule has 1 unspecified atom stereocenters. The van der Waals surface area contributed by atoms with Crippen molar-refractivity contribution in [3.8, 4) is 0 Å². The topological polar surface area (TPSA) is 108 Å². The summed E-state index contributed by atoms with van der Waals surface area (Å²) in [6, 6.07) is 9.36. The molecule has 1 spiro atoms. The van der Waals surface area contributed by atoms with Crippen LogP contribution in [0.25, 0.3) is 0 Å². The van der Waals surface area contributed by atoms with Crippen LogP contribution >= 0.6 is 0 Å². The number of likely N-dealkylation sites (tertiary alicyclic amines) is 1. The third kappa shape index (κ3) is 7.56. The molecule has 3 rings (SSSR count). The number of aryl methyl sites for hydroxylation is 1. The lowest BCUT2D eigenvalue weighted by Crippen LogP contribution is -2.56. The number of rotatable bonds is 10. The van der Waals surface area contributed by atoms with E-state index in [4.69, 9.17) is 4.74 Å². The molecule has 1 aromatic carbocycles. The number of hydrazine groups is 1. The molecule has 2 atom stereocenters. The Morgan fingerprint density at radius 1 is 1.08 bits per heavy atom. The quantitative estimate of drug-likeness (QED) is 0.354. The number of hydrogen-bond donors (Lipinski definition) is 2. The fourth-order valence-electron chi connectivity index (χ4n) is 5.25. The van der Waals surface area contributed by atoms with Crippen molar-refractivity contribution in [1.82, 2.24) is 20.7 Å². The fraction of sp³-hybridized carbons (Fsp3) is 0.655.